The molecule has 4 nitrogen and oxygen atoms in total. The maximum Gasteiger partial charge on any atom is 0.332 e. The molecule has 0 bridgehead atoms. The molecule has 1 atom stereocenters. The Balaban J connectivity index is 2.31. The topological polar surface area (TPSA) is 61.5 Å². The number of benzene rings is 2. The average molecular weight is 271 g/mol. The lowest BCUT2D eigenvalue weighted by atomic mass is 9.92. The molecule has 0 saturated heterocycles. The zero-order chi connectivity index (χ0) is 14.4. The van der Waals surface area contributed by atoms with Gasteiger partial charge in [0.05, 0.1) is 13.0 Å². The van der Waals surface area contributed by atoms with E-state index < -0.39 is 11.9 Å². The van der Waals surface area contributed by atoms with Crippen molar-refractivity contribution in [2.45, 2.75) is 12.3 Å². The Hall–Kier alpha value is -2.33. The fourth-order valence-corrected chi connectivity index (χ4v) is 2.20. The van der Waals surface area contributed by atoms with Crippen molar-refractivity contribution in [3.8, 4) is 5.75 Å². The van der Waals surface area contributed by atoms with Crippen LogP contribution in [0.5, 0.6) is 5.75 Å². The fourth-order valence-electron chi connectivity index (χ4n) is 2.20. The summed E-state index contributed by atoms with van der Waals surface area (Å²) in [5.74, 6) is 4.90. The highest BCUT2D eigenvalue weighted by molar-refractivity contribution is 5.78. The van der Waals surface area contributed by atoms with Gasteiger partial charge in [-0.3, -0.25) is 0 Å². The van der Waals surface area contributed by atoms with Gasteiger partial charge < -0.3 is 9.57 Å². The Morgan fingerprint density at radius 3 is 2.40 bits per heavy atom. The second-order valence-electron chi connectivity index (χ2n) is 4.42. The van der Waals surface area contributed by atoms with Crippen LogP contribution >= 0.6 is 0 Å². The highest BCUT2D eigenvalue weighted by Crippen LogP contribution is 2.27. The van der Waals surface area contributed by atoms with Crippen LogP contribution in [-0.4, -0.2) is 13.1 Å². The summed E-state index contributed by atoms with van der Waals surface area (Å²) in [5.41, 5.74) is 1.81. The van der Waals surface area contributed by atoms with E-state index in [4.69, 9.17) is 10.6 Å². The van der Waals surface area contributed by atoms with Crippen molar-refractivity contribution in [2.24, 2.45) is 5.90 Å². The van der Waals surface area contributed by atoms with Crippen LogP contribution in [0.25, 0.3) is 0 Å². The maximum atomic E-state index is 11.9. The molecule has 104 valence electrons. The molecule has 4 heteroatoms. The molecule has 2 rings (SSSR count). The van der Waals surface area contributed by atoms with Crippen LogP contribution in [0.15, 0.2) is 54.6 Å². The number of hydrogen-bond donors (Lipinski definition) is 1. The number of rotatable bonds is 5. The molecule has 0 fully saturated rings. The van der Waals surface area contributed by atoms with E-state index in [9.17, 15) is 4.79 Å². The van der Waals surface area contributed by atoms with Gasteiger partial charge in [0, 0.05) is 0 Å². The third kappa shape index (κ3) is 3.16. The van der Waals surface area contributed by atoms with Crippen molar-refractivity contribution in [1.29, 1.82) is 0 Å². The molecule has 2 aromatic carbocycles. The summed E-state index contributed by atoms with van der Waals surface area (Å²) in [7, 11) is 1.61. The van der Waals surface area contributed by atoms with Crippen LogP contribution in [0.3, 0.4) is 0 Å². The minimum Gasteiger partial charge on any atom is -0.496 e. The Morgan fingerprint density at radius 2 is 1.75 bits per heavy atom. The Labute approximate surface area is 118 Å². The molecule has 0 aliphatic carbocycles. The second-order valence-corrected chi connectivity index (χ2v) is 4.42. The van der Waals surface area contributed by atoms with Gasteiger partial charge in [-0.1, -0.05) is 48.5 Å². The summed E-state index contributed by atoms with van der Waals surface area (Å²) >= 11 is 0. The van der Waals surface area contributed by atoms with Crippen LogP contribution < -0.4 is 10.6 Å². The lowest BCUT2D eigenvalue weighted by Gasteiger charge is -2.16. The van der Waals surface area contributed by atoms with Crippen molar-refractivity contribution >= 4 is 5.97 Å². The van der Waals surface area contributed by atoms with E-state index in [1.807, 2.05) is 54.6 Å². The first kappa shape index (κ1) is 14.1. The molecule has 0 aromatic heterocycles. The van der Waals surface area contributed by atoms with Crippen LogP contribution in [-0.2, 0) is 16.1 Å². The van der Waals surface area contributed by atoms with E-state index in [0.717, 1.165) is 16.9 Å². The molecule has 2 N–H and O–H groups in total. The van der Waals surface area contributed by atoms with Crippen molar-refractivity contribution in [3.05, 3.63) is 65.7 Å². The molecular formula is C16H17NO3. The Bertz CT molecular complexity index is 569. The minimum atomic E-state index is -0.456. The summed E-state index contributed by atoms with van der Waals surface area (Å²) in [5, 5.41) is 0. The number of carbonyl (C=O) groups is 1. The number of para-hydroxylation sites is 1. The lowest BCUT2D eigenvalue weighted by Crippen LogP contribution is -2.21. The summed E-state index contributed by atoms with van der Waals surface area (Å²) in [4.78, 5) is 16.4. The van der Waals surface area contributed by atoms with Gasteiger partial charge in [-0.2, -0.15) is 5.90 Å². The summed E-state index contributed by atoms with van der Waals surface area (Å²) in [6.45, 7) is 0. The molecule has 0 saturated carbocycles. The number of ether oxygens (including phenoxy) is 1. The second kappa shape index (κ2) is 6.73. The van der Waals surface area contributed by atoms with Crippen molar-refractivity contribution in [3.63, 3.8) is 0 Å². The van der Waals surface area contributed by atoms with Gasteiger partial charge in [-0.15, -0.1) is 0 Å². The molecule has 0 radical (unpaired) electrons. The smallest absolute Gasteiger partial charge is 0.332 e. The normalized spacial score (nSPS) is 11.7. The predicted octanol–water partition coefficient (Wildman–Crippen LogP) is 2.44. The molecule has 1 unspecified atom stereocenters. The van der Waals surface area contributed by atoms with E-state index in [1.54, 1.807) is 7.11 Å². The van der Waals surface area contributed by atoms with Crippen molar-refractivity contribution < 1.29 is 14.4 Å². The largest absolute Gasteiger partial charge is 0.496 e. The van der Waals surface area contributed by atoms with Gasteiger partial charge >= 0.3 is 5.97 Å². The zero-order valence-corrected chi connectivity index (χ0v) is 11.3. The maximum absolute atomic E-state index is 11.9. The number of hydrogen-bond acceptors (Lipinski definition) is 4. The van der Waals surface area contributed by atoms with Gasteiger partial charge in [-0.05, 0) is 23.6 Å². The van der Waals surface area contributed by atoms with E-state index in [1.165, 1.54) is 0 Å². The highest BCUT2D eigenvalue weighted by atomic mass is 16.7. The van der Waals surface area contributed by atoms with Crippen molar-refractivity contribution in [1.82, 2.24) is 0 Å². The quantitative estimate of drug-likeness (QED) is 0.848. The van der Waals surface area contributed by atoms with Crippen LogP contribution in [0.4, 0.5) is 0 Å². The molecular weight excluding hydrogens is 254 g/mol. The number of nitrogens with two attached hydrogens (primary N) is 1. The zero-order valence-electron chi connectivity index (χ0n) is 11.3. The minimum absolute atomic E-state index is 0.447. The van der Waals surface area contributed by atoms with Crippen molar-refractivity contribution in [2.75, 3.05) is 7.11 Å². The van der Waals surface area contributed by atoms with Crippen LogP contribution in [0, 0.1) is 0 Å². The molecule has 2 aromatic rings. The molecule has 0 spiro atoms. The first-order chi connectivity index (χ1) is 9.76. The van der Waals surface area contributed by atoms with Gasteiger partial charge in [-0.25, -0.2) is 4.79 Å². The summed E-state index contributed by atoms with van der Waals surface area (Å²) in [6.07, 6.45) is 0.476. The van der Waals surface area contributed by atoms with E-state index in [-0.39, 0.29) is 0 Å². The lowest BCUT2D eigenvalue weighted by molar-refractivity contribution is -0.146. The van der Waals surface area contributed by atoms with Gasteiger partial charge in [0.15, 0.2) is 0 Å². The SMILES string of the molecule is COc1ccccc1CC(C(=O)ON)c1ccccc1. The average Bonchev–Trinajstić information content (AvgIpc) is 2.53. The van der Waals surface area contributed by atoms with E-state index >= 15 is 0 Å². The van der Waals surface area contributed by atoms with Gasteiger partial charge in [0.25, 0.3) is 0 Å². The monoisotopic (exact) mass is 271 g/mol. The standard InChI is InChI=1S/C16H17NO3/c1-19-15-10-6-5-9-13(15)11-14(16(18)20-17)12-7-3-2-4-8-12/h2-10,14H,11,17H2,1H3. The van der Waals surface area contributed by atoms with Gasteiger partial charge in [0.2, 0.25) is 0 Å². The van der Waals surface area contributed by atoms with Crippen LogP contribution in [0.1, 0.15) is 17.0 Å². The number of carbonyl (C=O) groups excluding carboxylic acids is 1. The Kier molecular flexibility index (Phi) is 4.74. The third-order valence-corrected chi connectivity index (χ3v) is 3.22. The van der Waals surface area contributed by atoms with E-state index in [0.29, 0.717) is 6.42 Å². The van der Waals surface area contributed by atoms with Gasteiger partial charge in [0.1, 0.15) is 5.75 Å². The van der Waals surface area contributed by atoms with Crippen LogP contribution in [0.2, 0.25) is 0 Å². The highest BCUT2D eigenvalue weighted by Gasteiger charge is 2.23. The molecule has 0 heterocycles. The first-order valence-corrected chi connectivity index (χ1v) is 6.33. The predicted molar refractivity (Wildman–Crippen MR) is 76.2 cm³/mol. The molecule has 0 amide bonds. The molecule has 0 aliphatic rings. The number of methoxy groups -OCH3 is 1. The first-order valence-electron chi connectivity index (χ1n) is 6.33. The summed E-state index contributed by atoms with van der Waals surface area (Å²) in [6, 6.07) is 17.0. The molecule has 20 heavy (non-hydrogen) atoms. The molecule has 0 aliphatic heterocycles. The third-order valence-electron chi connectivity index (χ3n) is 3.22. The fraction of sp³-hybridized carbons (Fsp3) is 0.188. The van der Waals surface area contributed by atoms with E-state index in [2.05, 4.69) is 4.84 Å². The summed E-state index contributed by atoms with van der Waals surface area (Å²) < 4.78 is 5.31. The Morgan fingerprint density at radius 1 is 1.10 bits per heavy atom.